The zero-order valence-corrected chi connectivity index (χ0v) is 16.4. The highest BCUT2D eigenvalue weighted by molar-refractivity contribution is 6.14. The van der Waals surface area contributed by atoms with Crippen LogP contribution in [0.15, 0.2) is 88.3 Å². The van der Waals surface area contributed by atoms with Crippen LogP contribution < -0.4 is 0 Å². The van der Waals surface area contributed by atoms with Gasteiger partial charge in [-0.15, -0.1) is 0 Å². The minimum absolute atomic E-state index is 0.314. The Kier molecular flexibility index (Phi) is 5.25. The number of furan rings is 1. The fourth-order valence-corrected chi connectivity index (χ4v) is 3.35. The Balaban J connectivity index is 1.86. The van der Waals surface area contributed by atoms with Gasteiger partial charge < -0.3 is 9.15 Å². The fraction of sp³-hybridized carbons (Fsp3) is 0.120. The first-order chi connectivity index (χ1) is 14.2. The summed E-state index contributed by atoms with van der Waals surface area (Å²) in [7, 11) is 0. The molecule has 0 saturated heterocycles. The Bertz CT molecular complexity index is 1130. The maximum atomic E-state index is 12.4. The molecule has 4 rings (SSSR count). The Morgan fingerprint density at radius 1 is 0.931 bits per heavy atom. The number of aryl methyl sites for hydroxylation is 1. The number of rotatable bonds is 5. The van der Waals surface area contributed by atoms with Crippen molar-refractivity contribution in [2.75, 3.05) is 6.61 Å². The molecular weight excluding hydrogens is 362 g/mol. The van der Waals surface area contributed by atoms with Crippen LogP contribution in [0.25, 0.3) is 11.0 Å². The summed E-state index contributed by atoms with van der Waals surface area (Å²) in [5, 5.41) is 0.711. The van der Waals surface area contributed by atoms with Crippen LogP contribution in [-0.2, 0) is 4.74 Å². The highest BCUT2D eigenvalue weighted by atomic mass is 16.5. The van der Waals surface area contributed by atoms with Crippen molar-refractivity contribution >= 4 is 28.3 Å². The lowest BCUT2D eigenvalue weighted by Gasteiger charge is -2.08. The first-order valence-corrected chi connectivity index (χ1v) is 9.57. The summed E-state index contributed by atoms with van der Waals surface area (Å²) in [5.74, 6) is 0.169. The van der Waals surface area contributed by atoms with Gasteiger partial charge in [0, 0.05) is 16.5 Å². The lowest BCUT2D eigenvalue weighted by atomic mass is 10.0. The maximum Gasteiger partial charge on any atom is 0.342 e. The van der Waals surface area contributed by atoms with Gasteiger partial charge in [-0.05, 0) is 32.0 Å². The number of hydrogen-bond acceptors (Lipinski definition) is 4. The molecule has 144 valence electrons. The van der Waals surface area contributed by atoms with Gasteiger partial charge in [0.15, 0.2) is 0 Å². The van der Waals surface area contributed by atoms with E-state index in [-0.39, 0.29) is 5.97 Å². The van der Waals surface area contributed by atoms with E-state index in [1.807, 2.05) is 78.9 Å². The van der Waals surface area contributed by atoms with Crippen molar-refractivity contribution in [3.8, 4) is 0 Å². The standard InChI is InChI=1S/C25H21NO3/c1-3-28-25(27)23-17(2)29-22-15-14-20(16-21(22)23)26-24(18-10-6-4-7-11-18)19-12-8-5-9-13-19/h4-16H,3H2,1-2H3. The molecule has 0 aliphatic heterocycles. The van der Waals surface area contributed by atoms with Crippen molar-refractivity contribution in [2.45, 2.75) is 13.8 Å². The van der Waals surface area contributed by atoms with Crippen molar-refractivity contribution in [1.82, 2.24) is 0 Å². The van der Waals surface area contributed by atoms with Crippen LogP contribution in [0.4, 0.5) is 5.69 Å². The maximum absolute atomic E-state index is 12.4. The van der Waals surface area contributed by atoms with Gasteiger partial charge >= 0.3 is 5.97 Å². The Hall–Kier alpha value is -3.66. The van der Waals surface area contributed by atoms with Crippen LogP contribution in [0.3, 0.4) is 0 Å². The van der Waals surface area contributed by atoms with E-state index in [1.54, 1.807) is 13.8 Å². The Morgan fingerprint density at radius 2 is 1.55 bits per heavy atom. The number of carbonyl (C=O) groups excluding carboxylic acids is 1. The van der Waals surface area contributed by atoms with Crippen molar-refractivity contribution in [3.63, 3.8) is 0 Å². The molecule has 0 atom stereocenters. The molecule has 1 heterocycles. The summed E-state index contributed by atoms with van der Waals surface area (Å²) in [6, 6.07) is 25.7. The summed E-state index contributed by atoms with van der Waals surface area (Å²) >= 11 is 0. The number of benzene rings is 3. The zero-order chi connectivity index (χ0) is 20.2. The number of carbonyl (C=O) groups is 1. The molecule has 0 fully saturated rings. The van der Waals surface area contributed by atoms with Gasteiger partial charge in [-0.2, -0.15) is 0 Å². The van der Waals surface area contributed by atoms with E-state index < -0.39 is 0 Å². The second-order valence-corrected chi connectivity index (χ2v) is 6.63. The van der Waals surface area contributed by atoms with Crippen LogP contribution in [0.1, 0.15) is 34.2 Å². The van der Waals surface area contributed by atoms with E-state index in [2.05, 4.69) is 0 Å². The fourth-order valence-electron chi connectivity index (χ4n) is 3.35. The van der Waals surface area contributed by atoms with Gasteiger partial charge in [-0.25, -0.2) is 9.79 Å². The summed E-state index contributed by atoms with van der Waals surface area (Å²) in [4.78, 5) is 17.3. The third-order valence-electron chi connectivity index (χ3n) is 4.66. The number of ether oxygens (including phenoxy) is 1. The average molecular weight is 383 g/mol. The quantitative estimate of drug-likeness (QED) is 0.310. The predicted molar refractivity (Wildman–Crippen MR) is 115 cm³/mol. The van der Waals surface area contributed by atoms with Gasteiger partial charge in [0.2, 0.25) is 0 Å². The van der Waals surface area contributed by atoms with Gasteiger partial charge in [0.05, 0.1) is 18.0 Å². The van der Waals surface area contributed by atoms with Gasteiger partial charge in [0.1, 0.15) is 16.9 Å². The molecule has 0 amide bonds. The molecule has 0 aliphatic carbocycles. The molecule has 0 bridgehead atoms. The van der Waals surface area contributed by atoms with E-state index >= 15 is 0 Å². The van der Waals surface area contributed by atoms with E-state index in [1.165, 1.54) is 0 Å². The normalized spacial score (nSPS) is 10.7. The van der Waals surface area contributed by atoms with Crippen molar-refractivity contribution in [1.29, 1.82) is 0 Å². The van der Waals surface area contributed by atoms with E-state index in [9.17, 15) is 4.79 Å². The molecule has 0 N–H and O–H groups in total. The van der Waals surface area contributed by atoms with Crippen LogP contribution in [0, 0.1) is 6.92 Å². The van der Waals surface area contributed by atoms with Crippen LogP contribution >= 0.6 is 0 Å². The summed E-state index contributed by atoms with van der Waals surface area (Å²) in [6.45, 7) is 3.88. The molecule has 4 nitrogen and oxygen atoms in total. The molecule has 0 unspecified atom stereocenters. The molecule has 1 aromatic heterocycles. The third-order valence-corrected chi connectivity index (χ3v) is 4.66. The van der Waals surface area contributed by atoms with E-state index in [0.717, 1.165) is 22.5 Å². The number of aliphatic imine (C=N–C) groups is 1. The largest absolute Gasteiger partial charge is 0.462 e. The minimum Gasteiger partial charge on any atom is -0.462 e. The predicted octanol–water partition coefficient (Wildman–Crippen LogP) is 6.09. The first kappa shape index (κ1) is 18.7. The molecule has 0 saturated carbocycles. The van der Waals surface area contributed by atoms with Crippen LogP contribution in [-0.4, -0.2) is 18.3 Å². The minimum atomic E-state index is -0.378. The lowest BCUT2D eigenvalue weighted by Crippen LogP contribution is -2.05. The molecule has 3 aromatic carbocycles. The summed E-state index contributed by atoms with van der Waals surface area (Å²) in [6.07, 6.45) is 0. The number of fused-ring (bicyclic) bond motifs is 1. The van der Waals surface area contributed by atoms with Crippen molar-refractivity contribution in [3.05, 3.63) is 101 Å². The van der Waals surface area contributed by atoms with Crippen LogP contribution in [0.2, 0.25) is 0 Å². The molecule has 0 spiro atoms. The Labute approximate surface area is 169 Å². The van der Waals surface area contributed by atoms with Crippen molar-refractivity contribution < 1.29 is 13.9 Å². The molecular formula is C25H21NO3. The highest BCUT2D eigenvalue weighted by Crippen LogP contribution is 2.30. The third kappa shape index (κ3) is 3.83. The molecule has 29 heavy (non-hydrogen) atoms. The number of nitrogens with zero attached hydrogens (tertiary/aromatic N) is 1. The summed E-state index contributed by atoms with van der Waals surface area (Å²) < 4.78 is 10.9. The van der Waals surface area contributed by atoms with Crippen molar-refractivity contribution in [2.24, 2.45) is 4.99 Å². The van der Waals surface area contributed by atoms with E-state index in [4.69, 9.17) is 14.1 Å². The molecule has 4 aromatic rings. The monoisotopic (exact) mass is 383 g/mol. The lowest BCUT2D eigenvalue weighted by molar-refractivity contribution is 0.0526. The van der Waals surface area contributed by atoms with Gasteiger partial charge in [0.25, 0.3) is 0 Å². The smallest absolute Gasteiger partial charge is 0.342 e. The molecule has 0 radical (unpaired) electrons. The second-order valence-electron chi connectivity index (χ2n) is 6.63. The zero-order valence-electron chi connectivity index (χ0n) is 16.4. The van der Waals surface area contributed by atoms with E-state index in [0.29, 0.717) is 28.9 Å². The average Bonchev–Trinajstić information content (AvgIpc) is 3.08. The van der Waals surface area contributed by atoms with Crippen LogP contribution in [0.5, 0.6) is 0 Å². The van der Waals surface area contributed by atoms with Gasteiger partial charge in [-0.3, -0.25) is 0 Å². The molecule has 0 aliphatic rings. The molecule has 4 heteroatoms. The number of esters is 1. The number of hydrogen-bond donors (Lipinski definition) is 0. The highest BCUT2D eigenvalue weighted by Gasteiger charge is 2.19. The second kappa shape index (κ2) is 8.15. The first-order valence-electron chi connectivity index (χ1n) is 9.57. The van der Waals surface area contributed by atoms with Gasteiger partial charge in [-0.1, -0.05) is 60.7 Å². The Morgan fingerprint density at radius 3 is 2.14 bits per heavy atom. The summed E-state index contributed by atoms with van der Waals surface area (Å²) in [5.41, 5.74) is 4.75. The SMILES string of the molecule is CCOC(=O)c1c(C)oc2ccc(N=C(c3ccccc3)c3ccccc3)cc12. The topological polar surface area (TPSA) is 51.8 Å².